The molecule has 0 saturated heterocycles. The predicted molar refractivity (Wildman–Crippen MR) is 62.0 cm³/mol. The van der Waals surface area contributed by atoms with Crippen LogP contribution >= 0.6 is 0 Å². The van der Waals surface area contributed by atoms with Gasteiger partial charge in [-0.05, 0) is 19.8 Å². The summed E-state index contributed by atoms with van der Waals surface area (Å²) in [7, 11) is 0. The van der Waals surface area contributed by atoms with E-state index in [2.05, 4.69) is 21.4 Å². The summed E-state index contributed by atoms with van der Waals surface area (Å²) in [4.78, 5) is 8.34. The van der Waals surface area contributed by atoms with Crippen LogP contribution in [0.3, 0.4) is 0 Å². The van der Waals surface area contributed by atoms with Crippen LogP contribution in [0, 0.1) is 18.3 Å². The van der Waals surface area contributed by atoms with Crippen molar-refractivity contribution in [3.05, 3.63) is 17.6 Å². The van der Waals surface area contributed by atoms with E-state index >= 15 is 0 Å². The molecule has 0 amide bonds. The van der Waals surface area contributed by atoms with Gasteiger partial charge in [-0.25, -0.2) is 9.97 Å². The maximum atomic E-state index is 8.82. The van der Waals surface area contributed by atoms with Gasteiger partial charge in [0.15, 0.2) is 0 Å². The second-order valence-corrected chi connectivity index (χ2v) is 4.28. The second kappa shape index (κ2) is 4.93. The minimum absolute atomic E-state index is 0.436. The molecule has 0 unspecified atom stereocenters. The molecule has 1 fully saturated rings. The summed E-state index contributed by atoms with van der Waals surface area (Å²) in [5.74, 6) is 1.44. The highest BCUT2D eigenvalue weighted by atomic mass is 15.0. The Hall–Kier alpha value is -1.63. The van der Waals surface area contributed by atoms with E-state index in [-0.39, 0.29) is 0 Å². The first-order valence-corrected chi connectivity index (χ1v) is 5.80. The van der Waals surface area contributed by atoms with Crippen LogP contribution in [0.5, 0.6) is 0 Å². The Balaban J connectivity index is 2.08. The first-order valence-electron chi connectivity index (χ1n) is 5.80. The number of hydrogen-bond donors (Lipinski definition) is 1. The van der Waals surface area contributed by atoms with E-state index < -0.39 is 0 Å². The molecule has 1 aromatic heterocycles. The average Bonchev–Trinajstić information content (AvgIpc) is 2.29. The molecular formula is C12H16N4. The lowest BCUT2D eigenvalue weighted by Crippen LogP contribution is -2.23. The Kier molecular flexibility index (Phi) is 3.35. The molecule has 0 spiro atoms. The molecular weight excluding hydrogens is 200 g/mol. The van der Waals surface area contributed by atoms with Gasteiger partial charge in [0.1, 0.15) is 23.4 Å². The van der Waals surface area contributed by atoms with Crippen LogP contribution in [0.15, 0.2) is 6.07 Å². The molecule has 1 aliphatic rings. The van der Waals surface area contributed by atoms with Crippen molar-refractivity contribution in [2.24, 2.45) is 0 Å². The maximum absolute atomic E-state index is 8.82. The van der Waals surface area contributed by atoms with Gasteiger partial charge in [-0.2, -0.15) is 5.26 Å². The molecule has 16 heavy (non-hydrogen) atoms. The van der Waals surface area contributed by atoms with Crippen LogP contribution in [0.25, 0.3) is 0 Å². The highest BCUT2D eigenvalue weighted by Crippen LogP contribution is 2.20. The van der Waals surface area contributed by atoms with Gasteiger partial charge < -0.3 is 5.32 Å². The van der Waals surface area contributed by atoms with Crippen molar-refractivity contribution in [3.8, 4) is 6.07 Å². The number of nitriles is 1. The van der Waals surface area contributed by atoms with Gasteiger partial charge in [-0.15, -0.1) is 0 Å². The summed E-state index contributed by atoms with van der Waals surface area (Å²) in [6.07, 6.45) is 6.31. The molecule has 4 heteroatoms. The van der Waals surface area contributed by atoms with Gasteiger partial charge in [0, 0.05) is 12.1 Å². The topological polar surface area (TPSA) is 61.6 Å². The van der Waals surface area contributed by atoms with E-state index in [9.17, 15) is 0 Å². The zero-order valence-corrected chi connectivity index (χ0v) is 9.53. The largest absolute Gasteiger partial charge is 0.367 e. The number of anilines is 1. The van der Waals surface area contributed by atoms with Gasteiger partial charge in [0.25, 0.3) is 0 Å². The molecule has 0 aliphatic heterocycles. The molecule has 1 saturated carbocycles. The molecule has 0 radical (unpaired) electrons. The lowest BCUT2D eigenvalue weighted by Gasteiger charge is -2.23. The number of nitrogens with zero attached hydrogens (tertiary/aromatic N) is 3. The monoisotopic (exact) mass is 216 g/mol. The summed E-state index contributed by atoms with van der Waals surface area (Å²) in [6.45, 7) is 1.81. The van der Waals surface area contributed by atoms with Crippen LogP contribution in [0.1, 0.15) is 43.6 Å². The van der Waals surface area contributed by atoms with Crippen LogP contribution in [0.4, 0.5) is 5.82 Å². The number of hydrogen-bond acceptors (Lipinski definition) is 4. The summed E-state index contributed by atoms with van der Waals surface area (Å²) >= 11 is 0. The fourth-order valence-corrected chi connectivity index (χ4v) is 2.15. The smallest absolute Gasteiger partial charge is 0.146 e. The van der Waals surface area contributed by atoms with Gasteiger partial charge in [0.2, 0.25) is 0 Å². The van der Waals surface area contributed by atoms with Gasteiger partial charge in [-0.3, -0.25) is 0 Å². The van der Waals surface area contributed by atoms with Crippen molar-refractivity contribution in [2.75, 3.05) is 5.32 Å². The highest BCUT2D eigenvalue weighted by Gasteiger charge is 2.13. The standard InChI is InChI=1S/C12H16N4/c1-9-14-11(8-13)7-12(15-9)16-10-5-3-2-4-6-10/h7,10H,2-6H2,1H3,(H,14,15,16). The SMILES string of the molecule is Cc1nc(C#N)cc(NC2CCCCC2)n1. The van der Waals surface area contributed by atoms with Crippen molar-refractivity contribution < 1.29 is 0 Å². The van der Waals surface area contributed by atoms with E-state index in [1.165, 1.54) is 32.1 Å². The Morgan fingerprint density at radius 2 is 2.06 bits per heavy atom. The molecule has 84 valence electrons. The molecule has 0 atom stereocenters. The second-order valence-electron chi connectivity index (χ2n) is 4.28. The molecule has 4 nitrogen and oxygen atoms in total. The van der Waals surface area contributed by atoms with E-state index in [4.69, 9.17) is 5.26 Å². The van der Waals surface area contributed by atoms with E-state index in [0.717, 1.165) is 5.82 Å². The number of nitrogens with one attached hydrogen (secondary N) is 1. The van der Waals surface area contributed by atoms with Crippen molar-refractivity contribution in [2.45, 2.75) is 45.1 Å². The van der Waals surface area contributed by atoms with Crippen LogP contribution in [-0.4, -0.2) is 16.0 Å². The van der Waals surface area contributed by atoms with Crippen LogP contribution in [0.2, 0.25) is 0 Å². The summed E-state index contributed by atoms with van der Waals surface area (Å²) in [5.41, 5.74) is 0.436. The minimum Gasteiger partial charge on any atom is -0.367 e. The third-order valence-electron chi connectivity index (χ3n) is 2.91. The number of aryl methyl sites for hydroxylation is 1. The van der Waals surface area contributed by atoms with Gasteiger partial charge >= 0.3 is 0 Å². The van der Waals surface area contributed by atoms with E-state index in [1.807, 2.05) is 6.92 Å². The Morgan fingerprint density at radius 1 is 1.31 bits per heavy atom. The van der Waals surface area contributed by atoms with Crippen molar-refractivity contribution in [3.63, 3.8) is 0 Å². The molecule has 0 aromatic carbocycles. The molecule has 1 aliphatic carbocycles. The molecule has 2 rings (SSSR count). The first kappa shape index (κ1) is 10.9. The highest BCUT2D eigenvalue weighted by molar-refractivity contribution is 5.40. The van der Waals surface area contributed by atoms with Gasteiger partial charge in [-0.1, -0.05) is 19.3 Å². The Morgan fingerprint density at radius 3 is 2.75 bits per heavy atom. The average molecular weight is 216 g/mol. The van der Waals surface area contributed by atoms with E-state index in [0.29, 0.717) is 17.6 Å². The normalized spacial score (nSPS) is 16.8. The summed E-state index contributed by atoms with van der Waals surface area (Å²) in [5, 5.41) is 12.2. The maximum Gasteiger partial charge on any atom is 0.146 e. The van der Waals surface area contributed by atoms with Crippen molar-refractivity contribution >= 4 is 5.82 Å². The molecule has 1 heterocycles. The van der Waals surface area contributed by atoms with E-state index in [1.54, 1.807) is 6.07 Å². The lowest BCUT2D eigenvalue weighted by atomic mass is 9.95. The lowest BCUT2D eigenvalue weighted by molar-refractivity contribution is 0.461. The zero-order valence-electron chi connectivity index (χ0n) is 9.53. The molecule has 1 N–H and O–H groups in total. The van der Waals surface area contributed by atoms with Crippen molar-refractivity contribution in [1.29, 1.82) is 5.26 Å². The molecule has 0 bridgehead atoms. The third-order valence-corrected chi connectivity index (χ3v) is 2.91. The Labute approximate surface area is 95.7 Å². The Bertz CT molecular complexity index is 402. The fourth-order valence-electron chi connectivity index (χ4n) is 2.15. The quantitative estimate of drug-likeness (QED) is 0.824. The number of rotatable bonds is 2. The third kappa shape index (κ3) is 2.69. The number of aromatic nitrogens is 2. The predicted octanol–water partition coefficient (Wildman–Crippen LogP) is 2.40. The minimum atomic E-state index is 0.436. The summed E-state index contributed by atoms with van der Waals surface area (Å²) in [6, 6.07) is 4.29. The van der Waals surface area contributed by atoms with Crippen LogP contribution < -0.4 is 5.32 Å². The van der Waals surface area contributed by atoms with Crippen molar-refractivity contribution in [1.82, 2.24) is 9.97 Å². The van der Waals surface area contributed by atoms with Crippen LogP contribution in [-0.2, 0) is 0 Å². The fraction of sp³-hybridized carbons (Fsp3) is 0.583. The summed E-state index contributed by atoms with van der Waals surface area (Å²) < 4.78 is 0. The first-order chi connectivity index (χ1) is 7.78. The zero-order chi connectivity index (χ0) is 11.4. The van der Waals surface area contributed by atoms with Gasteiger partial charge in [0.05, 0.1) is 0 Å². The molecule has 1 aromatic rings.